The molecule has 2 aromatic rings. The van der Waals surface area contributed by atoms with Crippen LogP contribution in [0.15, 0.2) is 36.5 Å². The van der Waals surface area contributed by atoms with E-state index in [2.05, 4.69) is 10.3 Å². The summed E-state index contributed by atoms with van der Waals surface area (Å²) in [6.07, 6.45) is 4.90. The molecule has 0 atom stereocenters. The summed E-state index contributed by atoms with van der Waals surface area (Å²) in [6.45, 7) is 2.38. The number of aromatic nitrogens is 1. The molecule has 30 heavy (non-hydrogen) atoms. The molecule has 1 N–H and O–H groups in total. The van der Waals surface area contributed by atoms with E-state index in [-0.39, 0.29) is 11.8 Å². The molecule has 0 bridgehead atoms. The van der Waals surface area contributed by atoms with Gasteiger partial charge < -0.3 is 19.7 Å². The second-order valence-electron chi connectivity index (χ2n) is 7.47. The minimum Gasteiger partial charge on any atom is -0.486 e. The van der Waals surface area contributed by atoms with Gasteiger partial charge in [0, 0.05) is 43.5 Å². The molecule has 0 radical (unpaired) electrons. The van der Waals surface area contributed by atoms with Gasteiger partial charge in [0.1, 0.15) is 19.0 Å². The van der Waals surface area contributed by atoms with E-state index in [1.807, 2.05) is 36.2 Å². The number of fused-ring (bicyclic) bond motifs is 2. The van der Waals surface area contributed by atoms with Crippen LogP contribution in [-0.2, 0) is 22.7 Å². The SMILES string of the molecule is CN1CC(=O)Nc2ncc(C=CC(=O)N(C)Cc3cccc4c3OCCO4)cc2C1. The molecular formula is C22H24N4O4. The topological polar surface area (TPSA) is 84.0 Å². The van der Waals surface area contributed by atoms with Crippen LogP contribution in [0, 0.1) is 0 Å². The van der Waals surface area contributed by atoms with Gasteiger partial charge in [-0.2, -0.15) is 0 Å². The summed E-state index contributed by atoms with van der Waals surface area (Å²) in [5.74, 6) is 1.77. The minimum atomic E-state index is -0.135. The Bertz CT molecular complexity index is 1000. The molecule has 0 spiro atoms. The number of ether oxygens (including phenoxy) is 2. The third kappa shape index (κ3) is 4.44. The number of hydrogen-bond donors (Lipinski definition) is 1. The highest BCUT2D eigenvalue weighted by molar-refractivity contribution is 5.93. The number of hydrogen-bond acceptors (Lipinski definition) is 6. The second kappa shape index (κ2) is 8.54. The van der Waals surface area contributed by atoms with Gasteiger partial charge >= 0.3 is 0 Å². The number of nitrogens with zero attached hydrogens (tertiary/aromatic N) is 3. The van der Waals surface area contributed by atoms with Crippen molar-refractivity contribution in [1.29, 1.82) is 0 Å². The molecule has 3 heterocycles. The predicted molar refractivity (Wildman–Crippen MR) is 112 cm³/mol. The molecule has 156 valence electrons. The lowest BCUT2D eigenvalue weighted by molar-refractivity contribution is -0.125. The van der Waals surface area contributed by atoms with E-state index in [4.69, 9.17) is 9.47 Å². The van der Waals surface area contributed by atoms with Gasteiger partial charge in [-0.1, -0.05) is 12.1 Å². The number of carbonyl (C=O) groups excluding carboxylic acids is 2. The van der Waals surface area contributed by atoms with Gasteiger partial charge in [-0.05, 0) is 30.8 Å². The van der Waals surface area contributed by atoms with E-state index in [1.165, 1.54) is 6.08 Å². The maximum atomic E-state index is 12.6. The zero-order valence-corrected chi connectivity index (χ0v) is 17.1. The molecule has 2 aliphatic rings. The number of pyridine rings is 1. The van der Waals surface area contributed by atoms with E-state index < -0.39 is 0 Å². The summed E-state index contributed by atoms with van der Waals surface area (Å²) in [5, 5.41) is 2.80. The Kier molecular flexibility index (Phi) is 5.67. The monoisotopic (exact) mass is 408 g/mol. The molecular weight excluding hydrogens is 384 g/mol. The molecule has 8 heteroatoms. The largest absolute Gasteiger partial charge is 0.486 e. The Morgan fingerprint density at radius 3 is 3.00 bits per heavy atom. The Morgan fingerprint density at radius 1 is 1.30 bits per heavy atom. The number of para-hydroxylation sites is 1. The number of amides is 2. The molecule has 2 aliphatic heterocycles. The molecule has 0 saturated carbocycles. The molecule has 8 nitrogen and oxygen atoms in total. The van der Waals surface area contributed by atoms with Crippen molar-refractivity contribution in [3.05, 3.63) is 53.2 Å². The Balaban J connectivity index is 1.44. The van der Waals surface area contributed by atoms with E-state index in [9.17, 15) is 9.59 Å². The van der Waals surface area contributed by atoms with Crippen LogP contribution < -0.4 is 14.8 Å². The highest BCUT2D eigenvalue weighted by atomic mass is 16.6. The molecule has 1 aromatic carbocycles. The standard InChI is InChI=1S/C22H24N4O4/c1-25-12-17-10-15(11-23-22(17)24-19(27)14-25)6-7-20(28)26(2)13-16-4-3-5-18-21(16)30-9-8-29-18/h3-7,10-11H,8-9,12-14H2,1-2H3,(H,23,24,27). The molecule has 0 fully saturated rings. The van der Waals surface area contributed by atoms with Crippen LogP contribution in [0.2, 0.25) is 0 Å². The summed E-state index contributed by atoms with van der Waals surface area (Å²) in [7, 11) is 3.63. The van der Waals surface area contributed by atoms with E-state index in [0.717, 1.165) is 16.7 Å². The van der Waals surface area contributed by atoms with Gasteiger partial charge in [-0.15, -0.1) is 0 Å². The van der Waals surface area contributed by atoms with E-state index in [0.29, 0.717) is 50.2 Å². The first-order chi connectivity index (χ1) is 14.5. The summed E-state index contributed by atoms with van der Waals surface area (Å²) in [6, 6.07) is 7.63. The van der Waals surface area contributed by atoms with Gasteiger partial charge in [0.25, 0.3) is 0 Å². The quantitative estimate of drug-likeness (QED) is 0.778. The summed E-state index contributed by atoms with van der Waals surface area (Å²) in [4.78, 5) is 32.3. The minimum absolute atomic E-state index is 0.0821. The van der Waals surface area contributed by atoms with Crippen LogP contribution >= 0.6 is 0 Å². The van der Waals surface area contributed by atoms with Crippen LogP contribution in [0.5, 0.6) is 11.5 Å². The normalized spacial score (nSPS) is 16.0. The molecule has 0 aliphatic carbocycles. The number of likely N-dealkylation sites (N-methyl/N-ethyl adjacent to an activating group) is 2. The first-order valence-corrected chi connectivity index (χ1v) is 9.77. The summed E-state index contributed by atoms with van der Waals surface area (Å²) >= 11 is 0. The number of rotatable bonds is 4. The van der Waals surface area contributed by atoms with Crippen molar-refractivity contribution < 1.29 is 19.1 Å². The molecule has 0 saturated heterocycles. The van der Waals surface area contributed by atoms with Crippen molar-refractivity contribution in [1.82, 2.24) is 14.8 Å². The summed E-state index contributed by atoms with van der Waals surface area (Å²) < 4.78 is 11.3. The maximum Gasteiger partial charge on any atom is 0.246 e. The summed E-state index contributed by atoms with van der Waals surface area (Å²) in [5.41, 5.74) is 2.62. The number of carbonyl (C=O) groups is 2. The zero-order chi connectivity index (χ0) is 21.1. The van der Waals surface area contributed by atoms with Gasteiger partial charge in [0.05, 0.1) is 6.54 Å². The average molecular weight is 408 g/mol. The van der Waals surface area contributed by atoms with Crippen molar-refractivity contribution >= 4 is 23.7 Å². The van der Waals surface area contributed by atoms with Crippen LogP contribution in [0.1, 0.15) is 16.7 Å². The first-order valence-electron chi connectivity index (χ1n) is 9.77. The third-order valence-electron chi connectivity index (χ3n) is 4.95. The van der Waals surface area contributed by atoms with Crippen LogP contribution in [0.3, 0.4) is 0 Å². The van der Waals surface area contributed by atoms with Gasteiger partial charge in [-0.25, -0.2) is 4.98 Å². The first kappa shape index (κ1) is 19.9. The van der Waals surface area contributed by atoms with Crippen molar-refractivity contribution in [3.63, 3.8) is 0 Å². The van der Waals surface area contributed by atoms with Crippen LogP contribution in [-0.4, -0.2) is 60.5 Å². The fourth-order valence-electron chi connectivity index (χ4n) is 3.50. The molecule has 4 rings (SSSR count). The van der Waals surface area contributed by atoms with Crippen molar-refractivity contribution in [2.45, 2.75) is 13.1 Å². The van der Waals surface area contributed by atoms with E-state index >= 15 is 0 Å². The van der Waals surface area contributed by atoms with Crippen molar-refractivity contribution in [2.24, 2.45) is 0 Å². The van der Waals surface area contributed by atoms with E-state index in [1.54, 1.807) is 24.2 Å². The van der Waals surface area contributed by atoms with Crippen LogP contribution in [0.4, 0.5) is 5.82 Å². The van der Waals surface area contributed by atoms with Gasteiger partial charge in [-0.3, -0.25) is 14.5 Å². The van der Waals surface area contributed by atoms with Gasteiger partial charge in [0.2, 0.25) is 11.8 Å². The highest BCUT2D eigenvalue weighted by Crippen LogP contribution is 2.34. The predicted octanol–water partition coefficient (Wildman–Crippen LogP) is 1.91. The smallest absolute Gasteiger partial charge is 0.246 e. The third-order valence-corrected chi connectivity index (χ3v) is 4.95. The second-order valence-corrected chi connectivity index (χ2v) is 7.47. The Labute approximate surface area is 175 Å². The van der Waals surface area contributed by atoms with Crippen LogP contribution in [0.25, 0.3) is 6.08 Å². The Morgan fingerprint density at radius 2 is 2.13 bits per heavy atom. The average Bonchev–Trinajstić information content (AvgIpc) is 2.88. The molecule has 0 unspecified atom stereocenters. The number of anilines is 1. The fraction of sp³-hybridized carbons (Fsp3) is 0.318. The lowest BCUT2D eigenvalue weighted by Gasteiger charge is -2.23. The Hall–Kier alpha value is -3.39. The van der Waals surface area contributed by atoms with Crippen molar-refractivity contribution in [3.8, 4) is 11.5 Å². The lowest BCUT2D eigenvalue weighted by Crippen LogP contribution is -2.26. The van der Waals surface area contributed by atoms with Crippen molar-refractivity contribution in [2.75, 3.05) is 39.2 Å². The van der Waals surface area contributed by atoms with Gasteiger partial charge in [0.15, 0.2) is 11.5 Å². The number of benzene rings is 1. The molecule has 2 amide bonds. The highest BCUT2D eigenvalue weighted by Gasteiger charge is 2.19. The molecule has 1 aromatic heterocycles. The zero-order valence-electron chi connectivity index (χ0n) is 17.1. The maximum absolute atomic E-state index is 12.6. The fourth-order valence-corrected chi connectivity index (χ4v) is 3.50. The lowest BCUT2D eigenvalue weighted by atomic mass is 10.1. The number of nitrogens with one attached hydrogen (secondary N) is 1.